The van der Waals surface area contributed by atoms with Crippen LogP contribution in [0.1, 0.15) is 60.4 Å². The van der Waals surface area contributed by atoms with Crippen molar-refractivity contribution < 1.29 is 0 Å². The van der Waals surface area contributed by atoms with Gasteiger partial charge in [0, 0.05) is 22.9 Å². The van der Waals surface area contributed by atoms with Crippen molar-refractivity contribution in [3.63, 3.8) is 0 Å². The molecule has 0 saturated carbocycles. The van der Waals surface area contributed by atoms with E-state index in [1.807, 2.05) is 6.07 Å². The molecule has 4 unspecified atom stereocenters. The third kappa shape index (κ3) is 5.77. The second kappa shape index (κ2) is 12.8. The molecule has 4 heteroatoms. The maximum Gasteiger partial charge on any atom is 0.133 e. The van der Waals surface area contributed by atoms with E-state index in [0.29, 0.717) is 12.1 Å². The molecule has 4 atom stereocenters. The van der Waals surface area contributed by atoms with Crippen LogP contribution in [-0.4, -0.2) is 23.1 Å². The Bertz CT molecular complexity index is 1840. The quantitative estimate of drug-likeness (QED) is 0.285. The van der Waals surface area contributed by atoms with E-state index < -0.39 is 0 Å². The van der Waals surface area contributed by atoms with E-state index in [4.69, 9.17) is 4.99 Å². The van der Waals surface area contributed by atoms with Gasteiger partial charge < -0.3 is 10.2 Å². The Morgan fingerprint density at radius 2 is 1.48 bits per heavy atom. The lowest BCUT2D eigenvalue weighted by atomic mass is 9.85. The zero-order valence-corrected chi connectivity index (χ0v) is 26.1. The molecule has 5 aliphatic rings. The van der Waals surface area contributed by atoms with Gasteiger partial charge in [-0.05, 0) is 78.2 Å². The molecule has 228 valence electrons. The number of amidine groups is 1. The normalized spacial score (nSPS) is 25.4. The number of hydrogen-bond donors (Lipinski definition) is 2. The Morgan fingerprint density at radius 1 is 0.717 bits per heavy atom. The molecule has 0 radical (unpaired) electrons. The number of allylic oxidation sites excluding steroid dienone is 10. The molecule has 0 aromatic heterocycles. The lowest BCUT2D eigenvalue weighted by molar-refractivity contribution is -0.00238. The molecule has 0 spiro atoms. The van der Waals surface area contributed by atoms with Gasteiger partial charge in [0.05, 0.1) is 12.2 Å². The molecule has 1 saturated heterocycles. The lowest BCUT2D eigenvalue weighted by Crippen LogP contribution is -2.71. The largest absolute Gasteiger partial charge is 0.340 e. The fourth-order valence-corrected chi connectivity index (χ4v) is 7.27. The summed E-state index contributed by atoms with van der Waals surface area (Å²) >= 11 is 0. The summed E-state index contributed by atoms with van der Waals surface area (Å²) in [6.07, 6.45) is 29.2. The summed E-state index contributed by atoms with van der Waals surface area (Å²) in [7, 11) is 0. The van der Waals surface area contributed by atoms with Crippen molar-refractivity contribution in [3.8, 4) is 0 Å². The monoisotopic (exact) mass is 600 g/mol. The van der Waals surface area contributed by atoms with E-state index in [9.17, 15) is 0 Å². The minimum absolute atomic E-state index is 0.0585. The predicted molar refractivity (Wildman–Crippen MR) is 190 cm³/mol. The number of benzene rings is 3. The number of nitrogens with one attached hydrogen (secondary N) is 2. The van der Waals surface area contributed by atoms with Gasteiger partial charge >= 0.3 is 0 Å². The summed E-state index contributed by atoms with van der Waals surface area (Å²) in [5.41, 5.74) is 10.0. The van der Waals surface area contributed by atoms with E-state index in [1.54, 1.807) is 0 Å². The molecule has 2 N–H and O–H groups in total. The first-order chi connectivity index (χ1) is 22.8. The SMILES string of the molecule is C1=CCCC(C2NC(C3C=C(c4cccc(C5=CC(c6ccccc6)N=C(c6ccccc6)N5)c4)C=CC3)N2C2=CC=CCC2)=C1. The van der Waals surface area contributed by atoms with E-state index in [2.05, 4.69) is 155 Å². The highest BCUT2D eigenvalue weighted by atomic mass is 15.5. The van der Waals surface area contributed by atoms with Crippen LogP contribution in [0.3, 0.4) is 0 Å². The molecule has 0 amide bonds. The van der Waals surface area contributed by atoms with Gasteiger partial charge in [-0.25, -0.2) is 0 Å². The van der Waals surface area contributed by atoms with Gasteiger partial charge in [0.1, 0.15) is 12.0 Å². The summed E-state index contributed by atoms with van der Waals surface area (Å²) in [6.45, 7) is 0. The zero-order valence-electron chi connectivity index (χ0n) is 26.1. The zero-order chi connectivity index (χ0) is 30.7. The van der Waals surface area contributed by atoms with E-state index in [0.717, 1.165) is 54.8 Å². The van der Waals surface area contributed by atoms with Crippen LogP contribution < -0.4 is 10.6 Å². The molecular weight excluding hydrogens is 560 g/mol. The van der Waals surface area contributed by atoms with Crippen LogP contribution in [0.2, 0.25) is 0 Å². The first-order valence-electron chi connectivity index (χ1n) is 16.7. The van der Waals surface area contributed by atoms with Crippen molar-refractivity contribution >= 4 is 17.1 Å². The van der Waals surface area contributed by atoms with Crippen molar-refractivity contribution in [2.45, 2.75) is 50.5 Å². The van der Waals surface area contributed by atoms with Gasteiger partial charge in [0.25, 0.3) is 0 Å². The van der Waals surface area contributed by atoms with Crippen molar-refractivity contribution in [2.24, 2.45) is 10.9 Å². The topological polar surface area (TPSA) is 39.7 Å². The average molecular weight is 601 g/mol. The molecule has 46 heavy (non-hydrogen) atoms. The highest BCUT2D eigenvalue weighted by Gasteiger charge is 2.44. The Balaban J connectivity index is 1.08. The fraction of sp³-hybridized carbons (Fsp3) is 0.214. The van der Waals surface area contributed by atoms with Gasteiger partial charge in [0.2, 0.25) is 0 Å². The molecule has 3 aliphatic carbocycles. The van der Waals surface area contributed by atoms with Crippen LogP contribution in [-0.2, 0) is 0 Å². The fourth-order valence-electron chi connectivity index (χ4n) is 7.27. The third-order valence-electron chi connectivity index (χ3n) is 9.67. The highest BCUT2D eigenvalue weighted by molar-refractivity contribution is 6.05. The summed E-state index contributed by atoms with van der Waals surface area (Å²) in [5, 5.41) is 7.67. The lowest BCUT2D eigenvalue weighted by Gasteiger charge is -2.56. The van der Waals surface area contributed by atoms with Crippen molar-refractivity contribution in [1.29, 1.82) is 0 Å². The molecule has 2 heterocycles. The Kier molecular flexibility index (Phi) is 7.95. The van der Waals surface area contributed by atoms with Crippen molar-refractivity contribution in [2.75, 3.05) is 0 Å². The Hall–Kier alpha value is -4.93. The summed E-state index contributed by atoms with van der Waals surface area (Å²) in [6, 6.07) is 29.9. The molecule has 4 nitrogen and oxygen atoms in total. The maximum atomic E-state index is 5.12. The van der Waals surface area contributed by atoms with E-state index in [1.165, 1.54) is 28.0 Å². The summed E-state index contributed by atoms with van der Waals surface area (Å²) < 4.78 is 0. The number of hydrogen-bond acceptors (Lipinski definition) is 4. The van der Waals surface area contributed by atoms with Crippen LogP contribution in [0.4, 0.5) is 0 Å². The van der Waals surface area contributed by atoms with Crippen LogP contribution in [0.5, 0.6) is 0 Å². The summed E-state index contributed by atoms with van der Waals surface area (Å²) in [4.78, 5) is 7.79. The molecule has 3 aromatic rings. The van der Waals surface area contributed by atoms with Gasteiger partial charge in [0.15, 0.2) is 0 Å². The van der Waals surface area contributed by atoms with Crippen LogP contribution >= 0.6 is 0 Å². The van der Waals surface area contributed by atoms with E-state index >= 15 is 0 Å². The average Bonchev–Trinajstić information content (AvgIpc) is 3.13. The first kappa shape index (κ1) is 28.5. The molecule has 2 aliphatic heterocycles. The second-order valence-electron chi connectivity index (χ2n) is 12.7. The number of nitrogens with zero attached hydrogens (tertiary/aromatic N) is 2. The number of aliphatic imine (C=N–C) groups is 1. The predicted octanol–water partition coefficient (Wildman–Crippen LogP) is 8.85. The Labute approximate surface area is 272 Å². The third-order valence-corrected chi connectivity index (χ3v) is 9.67. The van der Waals surface area contributed by atoms with Crippen LogP contribution in [0.15, 0.2) is 162 Å². The van der Waals surface area contributed by atoms with Crippen molar-refractivity contribution in [3.05, 3.63) is 179 Å². The van der Waals surface area contributed by atoms with Gasteiger partial charge in [-0.2, -0.15) is 0 Å². The smallest absolute Gasteiger partial charge is 0.133 e. The minimum atomic E-state index is -0.0585. The Morgan fingerprint density at radius 3 is 2.26 bits per heavy atom. The maximum absolute atomic E-state index is 5.12. The molecule has 1 fully saturated rings. The van der Waals surface area contributed by atoms with Gasteiger partial charge in [-0.15, -0.1) is 0 Å². The molecule has 8 rings (SSSR count). The molecular formula is C42H40N4. The van der Waals surface area contributed by atoms with Crippen LogP contribution in [0.25, 0.3) is 11.3 Å². The standard InChI is InChI=1S/C42H40N4/c1-5-15-30(16-6-1)38-29-39(44-40(43-38)31-17-7-2-8-18-31)35-23-13-21-33(27-35)34-22-14-24-36(28-34)42-45-41(32-19-9-3-10-20-32)46(42)37-25-11-4-12-26-37/h1-9,11,13-19,21-23,25,27-29,36,38,41-42,45H,10,12,20,24,26H2,(H,43,44). The van der Waals surface area contributed by atoms with Crippen LogP contribution in [0, 0.1) is 5.92 Å². The molecule has 0 bridgehead atoms. The van der Waals surface area contributed by atoms with E-state index in [-0.39, 0.29) is 12.2 Å². The first-order valence-corrected chi connectivity index (χ1v) is 16.7. The summed E-state index contributed by atoms with van der Waals surface area (Å²) in [5.74, 6) is 1.29. The van der Waals surface area contributed by atoms with Gasteiger partial charge in [-0.3, -0.25) is 10.3 Å². The van der Waals surface area contributed by atoms with Crippen molar-refractivity contribution in [1.82, 2.24) is 15.5 Å². The second-order valence-corrected chi connectivity index (χ2v) is 12.7. The van der Waals surface area contributed by atoms with Gasteiger partial charge in [-0.1, -0.05) is 127 Å². The number of rotatable bonds is 7. The molecule has 3 aromatic carbocycles. The highest BCUT2D eigenvalue weighted by Crippen LogP contribution is 2.39. The minimum Gasteiger partial charge on any atom is -0.340 e.